The molecule has 8 heteroatoms. The van der Waals surface area contributed by atoms with Crippen LogP contribution in [0.4, 0.5) is 0 Å². The monoisotopic (exact) mass is 494 g/mol. The molecule has 0 fully saturated rings. The quantitative estimate of drug-likeness (QED) is 0.166. The zero-order valence-electron chi connectivity index (χ0n) is 19.2. The molecule has 0 aliphatic carbocycles. The van der Waals surface area contributed by atoms with Crippen molar-refractivity contribution in [3.63, 3.8) is 0 Å². The third-order valence-electron chi connectivity index (χ3n) is 4.23. The molecule has 0 aliphatic rings. The van der Waals surface area contributed by atoms with Crippen LogP contribution in [0.5, 0.6) is 34.5 Å². The second-order valence-corrected chi connectivity index (χ2v) is 8.38. The summed E-state index contributed by atoms with van der Waals surface area (Å²) in [4.78, 5) is 0. The van der Waals surface area contributed by atoms with Gasteiger partial charge in [-0.2, -0.15) is 4.57 Å². The predicted molar refractivity (Wildman–Crippen MR) is 136 cm³/mol. The maximum atomic E-state index is 13.7. The molecule has 0 heterocycles. The molecule has 0 spiro atoms. The van der Waals surface area contributed by atoms with Crippen molar-refractivity contribution in [3.05, 3.63) is 111 Å². The summed E-state index contributed by atoms with van der Waals surface area (Å²) in [5.41, 5.74) is 0. The molecule has 0 saturated carbocycles. The van der Waals surface area contributed by atoms with Crippen molar-refractivity contribution in [1.82, 2.24) is 0 Å². The molecule has 0 atom stereocenters. The van der Waals surface area contributed by atoms with Gasteiger partial charge in [0.15, 0.2) is 0 Å². The van der Waals surface area contributed by atoms with Gasteiger partial charge in [-0.25, -0.2) is 0 Å². The normalized spacial score (nSPS) is 10.5. The van der Waals surface area contributed by atoms with Crippen LogP contribution in [0.2, 0.25) is 0 Å². The average molecular weight is 494 g/mol. The second-order valence-electron chi connectivity index (χ2n) is 6.93. The lowest BCUT2D eigenvalue weighted by atomic mass is 10.3. The molecule has 0 radical (unpaired) electrons. The van der Waals surface area contributed by atoms with Crippen LogP contribution in [-0.4, -0.2) is 19.8 Å². The Morgan fingerprint density at radius 2 is 0.714 bits per heavy atom. The molecule has 0 N–H and O–H groups in total. The van der Waals surface area contributed by atoms with Gasteiger partial charge in [0.1, 0.15) is 54.3 Å². The molecule has 0 bridgehead atoms. The second kappa shape index (κ2) is 13.0. The molecule has 0 aliphatic heterocycles. The molecule has 3 aromatic rings. The van der Waals surface area contributed by atoms with Crippen molar-refractivity contribution in [1.29, 1.82) is 0 Å². The standard InChI is InChI=1S/C27H27O7P/c1-4-19-29-22-7-13-25(14-8-22)32-35(28,33-26-15-9-23(10-16-26)30-20-5-2)34-27-17-11-24(12-18-27)31-21-6-3/h4-18H,1-3,19-21H2. The van der Waals surface area contributed by atoms with E-state index in [1.807, 2.05) is 0 Å². The van der Waals surface area contributed by atoms with Crippen molar-refractivity contribution >= 4 is 7.82 Å². The van der Waals surface area contributed by atoms with E-state index in [-0.39, 0.29) is 17.2 Å². The minimum Gasteiger partial charge on any atom is -0.490 e. The van der Waals surface area contributed by atoms with E-state index in [1.165, 1.54) is 0 Å². The van der Waals surface area contributed by atoms with E-state index in [0.29, 0.717) is 37.1 Å². The maximum absolute atomic E-state index is 13.7. The maximum Gasteiger partial charge on any atom is 0.647 e. The van der Waals surface area contributed by atoms with E-state index in [4.69, 9.17) is 27.8 Å². The minimum atomic E-state index is -4.16. The van der Waals surface area contributed by atoms with Crippen LogP contribution in [0.15, 0.2) is 111 Å². The van der Waals surface area contributed by atoms with Crippen LogP contribution in [-0.2, 0) is 4.57 Å². The Hall–Kier alpha value is -4.09. The Kier molecular flexibility index (Phi) is 9.46. The molecule has 3 aromatic carbocycles. The summed E-state index contributed by atoms with van der Waals surface area (Å²) >= 11 is 0. The van der Waals surface area contributed by atoms with Crippen molar-refractivity contribution < 1.29 is 32.3 Å². The molecule has 0 unspecified atom stereocenters. The minimum absolute atomic E-state index is 0.274. The van der Waals surface area contributed by atoms with Gasteiger partial charge in [-0.05, 0) is 72.8 Å². The largest absolute Gasteiger partial charge is 0.647 e. The van der Waals surface area contributed by atoms with Gasteiger partial charge in [-0.3, -0.25) is 0 Å². The molecule has 0 saturated heterocycles. The molecule has 0 amide bonds. The lowest BCUT2D eigenvalue weighted by molar-refractivity contribution is 0.297. The number of hydrogen-bond donors (Lipinski definition) is 0. The fourth-order valence-electron chi connectivity index (χ4n) is 2.70. The Morgan fingerprint density at radius 3 is 0.943 bits per heavy atom. The van der Waals surface area contributed by atoms with Gasteiger partial charge in [0.2, 0.25) is 0 Å². The Balaban J connectivity index is 1.79. The van der Waals surface area contributed by atoms with Crippen LogP contribution in [0, 0.1) is 0 Å². The summed E-state index contributed by atoms with van der Waals surface area (Å²) in [5.74, 6) is 2.65. The summed E-state index contributed by atoms with van der Waals surface area (Å²) in [6, 6.07) is 19.7. The smallest absolute Gasteiger partial charge is 0.490 e. The topological polar surface area (TPSA) is 72.5 Å². The Bertz CT molecular complexity index is 993. The third-order valence-corrected chi connectivity index (χ3v) is 5.53. The highest BCUT2D eigenvalue weighted by molar-refractivity contribution is 7.49. The van der Waals surface area contributed by atoms with Crippen molar-refractivity contribution in [2.45, 2.75) is 0 Å². The van der Waals surface area contributed by atoms with Gasteiger partial charge in [-0.15, -0.1) is 0 Å². The van der Waals surface area contributed by atoms with Crippen LogP contribution in [0.25, 0.3) is 0 Å². The first-order valence-electron chi connectivity index (χ1n) is 10.7. The highest BCUT2D eigenvalue weighted by Gasteiger charge is 2.33. The number of rotatable bonds is 15. The fraction of sp³-hybridized carbons (Fsp3) is 0.111. The number of hydrogen-bond acceptors (Lipinski definition) is 7. The van der Waals surface area contributed by atoms with Crippen LogP contribution < -0.4 is 27.8 Å². The molecule has 182 valence electrons. The average Bonchev–Trinajstić information content (AvgIpc) is 2.87. The molecule has 3 rings (SSSR count). The molecule has 7 nitrogen and oxygen atoms in total. The highest BCUT2D eigenvalue weighted by Crippen LogP contribution is 2.50. The first-order valence-corrected chi connectivity index (χ1v) is 12.2. The first-order chi connectivity index (χ1) is 17.0. The van der Waals surface area contributed by atoms with Gasteiger partial charge in [0.25, 0.3) is 0 Å². The van der Waals surface area contributed by atoms with Gasteiger partial charge < -0.3 is 27.8 Å². The summed E-state index contributed by atoms with van der Waals surface area (Å²) in [5, 5.41) is 0. The lowest BCUT2D eigenvalue weighted by Crippen LogP contribution is -2.07. The van der Waals surface area contributed by atoms with E-state index < -0.39 is 7.82 Å². The Labute approximate surface area is 205 Å². The van der Waals surface area contributed by atoms with E-state index in [0.717, 1.165) is 0 Å². The highest BCUT2D eigenvalue weighted by atomic mass is 31.2. The predicted octanol–water partition coefficient (Wildman–Crippen LogP) is 7.03. The number of phosphoric ester groups is 1. The van der Waals surface area contributed by atoms with E-state index in [1.54, 1.807) is 91.0 Å². The van der Waals surface area contributed by atoms with Crippen LogP contribution in [0.3, 0.4) is 0 Å². The Morgan fingerprint density at radius 1 is 0.486 bits per heavy atom. The summed E-state index contributed by atoms with van der Waals surface area (Å²) < 4.78 is 47.2. The summed E-state index contributed by atoms with van der Waals surface area (Å²) in [7, 11) is -4.16. The third kappa shape index (κ3) is 8.32. The van der Waals surface area contributed by atoms with E-state index >= 15 is 0 Å². The lowest BCUT2D eigenvalue weighted by Gasteiger charge is -2.20. The molecule has 35 heavy (non-hydrogen) atoms. The summed E-state index contributed by atoms with van der Waals surface area (Å²) in [6.07, 6.45) is 4.92. The number of ether oxygens (including phenoxy) is 3. The SMILES string of the molecule is C=CCOc1ccc(OP(=O)(Oc2ccc(OCC=C)cc2)Oc2ccc(OCC=C)cc2)cc1. The zero-order valence-corrected chi connectivity index (χ0v) is 20.1. The summed E-state index contributed by atoms with van der Waals surface area (Å²) in [6.45, 7) is 11.9. The fourth-order valence-corrected chi connectivity index (χ4v) is 3.95. The molecule has 0 aromatic heterocycles. The van der Waals surface area contributed by atoms with Crippen molar-refractivity contribution in [2.75, 3.05) is 19.8 Å². The van der Waals surface area contributed by atoms with Crippen molar-refractivity contribution in [3.8, 4) is 34.5 Å². The van der Waals surface area contributed by atoms with Gasteiger partial charge in [0.05, 0.1) is 0 Å². The van der Waals surface area contributed by atoms with Crippen LogP contribution >= 0.6 is 7.82 Å². The molecular weight excluding hydrogens is 467 g/mol. The van der Waals surface area contributed by atoms with Gasteiger partial charge in [0, 0.05) is 0 Å². The van der Waals surface area contributed by atoms with Gasteiger partial charge >= 0.3 is 7.82 Å². The van der Waals surface area contributed by atoms with Crippen LogP contribution in [0.1, 0.15) is 0 Å². The molecular formula is C27H27O7P. The number of phosphoric acid groups is 1. The number of benzene rings is 3. The first kappa shape index (κ1) is 25.5. The van der Waals surface area contributed by atoms with E-state index in [2.05, 4.69) is 19.7 Å². The van der Waals surface area contributed by atoms with Crippen molar-refractivity contribution in [2.24, 2.45) is 0 Å². The van der Waals surface area contributed by atoms with E-state index in [9.17, 15) is 4.57 Å². The van der Waals surface area contributed by atoms with Gasteiger partial charge in [-0.1, -0.05) is 38.0 Å². The zero-order chi connectivity index (χ0) is 24.9.